The summed E-state index contributed by atoms with van der Waals surface area (Å²) in [4.78, 5) is 0. The molecule has 1 atom stereocenters. The fraction of sp³-hybridized carbons (Fsp3) is 0.571. The van der Waals surface area contributed by atoms with Gasteiger partial charge in [0.2, 0.25) is 0 Å². The lowest BCUT2D eigenvalue weighted by molar-refractivity contribution is -0.328. The van der Waals surface area contributed by atoms with E-state index in [2.05, 4.69) is 12.1 Å². The summed E-state index contributed by atoms with van der Waals surface area (Å²) in [6, 6.07) is 8.26. The molecular formula is C14H18NO2. The molecule has 1 fully saturated rings. The molecule has 0 saturated carbocycles. The van der Waals surface area contributed by atoms with Crippen molar-refractivity contribution in [1.82, 2.24) is 5.06 Å². The van der Waals surface area contributed by atoms with E-state index in [9.17, 15) is 5.21 Å². The molecule has 0 aromatic heterocycles. The van der Waals surface area contributed by atoms with Crippen molar-refractivity contribution >= 4 is 0 Å². The van der Waals surface area contributed by atoms with Gasteiger partial charge in [0, 0.05) is 0 Å². The van der Waals surface area contributed by atoms with Gasteiger partial charge in [0.25, 0.3) is 0 Å². The van der Waals surface area contributed by atoms with Crippen LogP contribution in [0.5, 0.6) is 0 Å². The van der Waals surface area contributed by atoms with Crippen molar-refractivity contribution in [2.45, 2.75) is 37.8 Å². The van der Waals surface area contributed by atoms with Crippen LogP contribution in [-0.4, -0.2) is 23.8 Å². The monoisotopic (exact) mass is 232 g/mol. The molecule has 2 aliphatic rings. The first-order valence-electron chi connectivity index (χ1n) is 6.20. The van der Waals surface area contributed by atoms with E-state index in [0.717, 1.165) is 12.8 Å². The van der Waals surface area contributed by atoms with Crippen molar-refractivity contribution in [1.29, 1.82) is 0 Å². The maximum Gasteiger partial charge on any atom is 0.0987 e. The molecule has 1 radical (unpaired) electrons. The summed E-state index contributed by atoms with van der Waals surface area (Å²) in [5.41, 5.74) is 1.59. The van der Waals surface area contributed by atoms with E-state index >= 15 is 0 Å². The van der Waals surface area contributed by atoms with E-state index < -0.39 is 11.1 Å². The Morgan fingerprint density at radius 2 is 2.00 bits per heavy atom. The van der Waals surface area contributed by atoms with Gasteiger partial charge in [-0.25, -0.2) is 0 Å². The Labute approximate surface area is 102 Å². The van der Waals surface area contributed by atoms with Crippen LogP contribution in [0.1, 0.15) is 31.4 Å². The number of hydrogen-bond donors (Lipinski definition) is 0. The highest BCUT2D eigenvalue weighted by Gasteiger charge is 2.52. The Hall–Kier alpha value is -0.900. The molecule has 0 amide bonds. The van der Waals surface area contributed by atoms with Crippen LogP contribution in [0.25, 0.3) is 0 Å². The lowest BCUT2D eigenvalue weighted by atomic mass is 9.86. The highest BCUT2D eigenvalue weighted by atomic mass is 16.5. The molecule has 1 aromatic rings. The van der Waals surface area contributed by atoms with Gasteiger partial charge in [-0.2, -0.15) is 0 Å². The third kappa shape index (κ3) is 1.46. The van der Waals surface area contributed by atoms with E-state index in [-0.39, 0.29) is 0 Å². The van der Waals surface area contributed by atoms with Crippen molar-refractivity contribution < 1.29 is 9.94 Å². The van der Waals surface area contributed by atoms with Gasteiger partial charge in [0.1, 0.15) is 0 Å². The predicted octanol–water partition coefficient (Wildman–Crippen LogP) is 2.28. The topological polar surface area (TPSA) is 32.4 Å². The first-order chi connectivity index (χ1) is 8.06. The maximum absolute atomic E-state index is 12.7. The number of fused-ring (bicyclic) bond motifs is 2. The average Bonchev–Trinajstić information content (AvgIpc) is 2.67. The summed E-state index contributed by atoms with van der Waals surface area (Å²) in [5, 5.41) is 14.0. The zero-order valence-electron chi connectivity index (χ0n) is 10.4. The van der Waals surface area contributed by atoms with Gasteiger partial charge >= 0.3 is 0 Å². The van der Waals surface area contributed by atoms with E-state index in [0.29, 0.717) is 13.2 Å². The van der Waals surface area contributed by atoms with Crippen molar-refractivity contribution in [3.63, 3.8) is 0 Å². The molecule has 1 saturated heterocycles. The SMILES string of the molecule is CC1(C)COC[C@@]2(CCc3ccccc32)N1[O]. The van der Waals surface area contributed by atoms with Gasteiger partial charge in [-0.1, -0.05) is 24.3 Å². The van der Waals surface area contributed by atoms with Crippen LogP contribution in [0.15, 0.2) is 24.3 Å². The number of hydroxylamine groups is 2. The van der Waals surface area contributed by atoms with Gasteiger partial charge in [0.05, 0.1) is 24.3 Å². The Balaban J connectivity index is 2.08. The largest absolute Gasteiger partial charge is 0.377 e. The summed E-state index contributed by atoms with van der Waals surface area (Å²) in [6.07, 6.45) is 1.85. The molecular weight excluding hydrogens is 214 g/mol. The molecule has 1 heterocycles. The number of nitrogens with zero attached hydrogens (tertiary/aromatic N) is 1. The number of hydrogen-bond acceptors (Lipinski definition) is 2. The second kappa shape index (κ2) is 3.55. The van der Waals surface area contributed by atoms with Crippen LogP contribution in [0.2, 0.25) is 0 Å². The minimum atomic E-state index is -0.446. The second-order valence-corrected chi connectivity index (χ2v) is 5.79. The zero-order chi connectivity index (χ0) is 12.1. The second-order valence-electron chi connectivity index (χ2n) is 5.79. The van der Waals surface area contributed by atoms with Gasteiger partial charge in [-0.15, -0.1) is 10.3 Å². The Kier molecular flexibility index (Phi) is 2.34. The van der Waals surface area contributed by atoms with Gasteiger partial charge in [-0.05, 0) is 37.8 Å². The van der Waals surface area contributed by atoms with Gasteiger partial charge in [-0.3, -0.25) is 0 Å². The predicted molar refractivity (Wildman–Crippen MR) is 63.9 cm³/mol. The summed E-state index contributed by atoms with van der Waals surface area (Å²) < 4.78 is 5.71. The van der Waals surface area contributed by atoms with Gasteiger partial charge < -0.3 is 4.74 Å². The van der Waals surface area contributed by atoms with E-state index in [1.807, 2.05) is 26.0 Å². The molecule has 1 aliphatic carbocycles. The van der Waals surface area contributed by atoms with Crippen LogP contribution >= 0.6 is 0 Å². The minimum absolute atomic E-state index is 0.435. The summed E-state index contributed by atoms with van der Waals surface area (Å²) in [5.74, 6) is 0. The van der Waals surface area contributed by atoms with Crippen molar-refractivity contribution in [2.75, 3.05) is 13.2 Å². The molecule has 91 valence electrons. The molecule has 0 N–H and O–H groups in total. The molecule has 17 heavy (non-hydrogen) atoms. The molecule has 0 bridgehead atoms. The highest BCUT2D eigenvalue weighted by Crippen LogP contribution is 2.46. The van der Waals surface area contributed by atoms with E-state index in [1.165, 1.54) is 16.2 Å². The molecule has 1 aliphatic heterocycles. The van der Waals surface area contributed by atoms with Crippen LogP contribution in [0.3, 0.4) is 0 Å². The van der Waals surface area contributed by atoms with Crippen molar-refractivity contribution in [2.24, 2.45) is 0 Å². The van der Waals surface area contributed by atoms with Crippen LogP contribution in [0.4, 0.5) is 0 Å². The third-order valence-electron chi connectivity index (χ3n) is 4.06. The first kappa shape index (κ1) is 11.2. The molecule has 1 spiro atoms. The average molecular weight is 232 g/mol. The summed E-state index contributed by atoms with van der Waals surface area (Å²) >= 11 is 0. The number of aryl methyl sites for hydroxylation is 1. The van der Waals surface area contributed by atoms with Crippen LogP contribution < -0.4 is 0 Å². The zero-order valence-corrected chi connectivity index (χ0v) is 10.4. The Morgan fingerprint density at radius 3 is 2.82 bits per heavy atom. The van der Waals surface area contributed by atoms with E-state index in [1.54, 1.807) is 0 Å². The van der Waals surface area contributed by atoms with Crippen molar-refractivity contribution in [3.8, 4) is 0 Å². The molecule has 3 rings (SSSR count). The number of rotatable bonds is 0. The molecule has 3 heteroatoms. The quantitative estimate of drug-likeness (QED) is 0.687. The van der Waals surface area contributed by atoms with Crippen LogP contribution in [-0.2, 0) is 21.9 Å². The molecule has 0 unspecified atom stereocenters. The highest BCUT2D eigenvalue weighted by molar-refractivity contribution is 5.39. The van der Waals surface area contributed by atoms with Crippen molar-refractivity contribution in [3.05, 3.63) is 35.4 Å². The lowest BCUT2D eigenvalue weighted by Gasteiger charge is -2.48. The minimum Gasteiger partial charge on any atom is -0.377 e. The van der Waals surface area contributed by atoms with E-state index in [4.69, 9.17) is 4.74 Å². The molecule has 1 aromatic carbocycles. The number of ether oxygens (including phenoxy) is 1. The fourth-order valence-corrected chi connectivity index (χ4v) is 3.20. The normalized spacial score (nSPS) is 31.7. The van der Waals surface area contributed by atoms with Crippen LogP contribution in [0, 0.1) is 0 Å². The number of benzene rings is 1. The summed E-state index contributed by atoms with van der Waals surface area (Å²) in [6.45, 7) is 4.96. The number of morpholine rings is 1. The Morgan fingerprint density at radius 1 is 1.24 bits per heavy atom. The first-order valence-corrected chi connectivity index (χ1v) is 6.20. The standard InChI is InChI=1S/C14H18NO2/c1-13(2)9-17-10-14(15(13)16)8-7-11-5-3-4-6-12(11)14/h3-6H,7-10H2,1-2H3/t14-/m1/s1. The summed E-state index contributed by atoms with van der Waals surface area (Å²) in [7, 11) is 0. The van der Waals surface area contributed by atoms with Gasteiger partial charge in [0.15, 0.2) is 0 Å². The molecule has 3 nitrogen and oxygen atoms in total. The lowest BCUT2D eigenvalue weighted by Crippen LogP contribution is -2.61. The maximum atomic E-state index is 12.7. The fourth-order valence-electron chi connectivity index (χ4n) is 3.20. The smallest absolute Gasteiger partial charge is 0.0987 e. The Bertz CT molecular complexity index is 440. The third-order valence-corrected chi connectivity index (χ3v) is 4.06.